The van der Waals surface area contributed by atoms with E-state index in [-0.39, 0.29) is 36.1 Å². The number of rotatable bonds is 7. The van der Waals surface area contributed by atoms with Gasteiger partial charge in [0, 0.05) is 42.3 Å². The maximum atomic E-state index is 15.0. The van der Waals surface area contributed by atoms with E-state index < -0.39 is 89.3 Å². The molecule has 5 rings (SSSR count). The Morgan fingerprint density at radius 3 is 2.37 bits per heavy atom. The fourth-order valence-corrected chi connectivity index (χ4v) is 5.06. The number of carboxylic acid groups (broad SMARTS) is 1. The summed E-state index contributed by atoms with van der Waals surface area (Å²) in [5.74, 6) is -7.55. The number of alkyl halides is 6. The second-order valence-electron chi connectivity index (χ2n) is 10.1. The molecule has 1 aliphatic rings. The number of aromatic nitrogens is 3. The van der Waals surface area contributed by atoms with Crippen molar-refractivity contribution in [1.82, 2.24) is 19.7 Å². The third-order valence-electron chi connectivity index (χ3n) is 7.16. The summed E-state index contributed by atoms with van der Waals surface area (Å²) in [7, 11) is 0. The maximum Gasteiger partial charge on any atom is 0.418 e. The minimum absolute atomic E-state index is 0.0708. The number of halogens is 9. The second kappa shape index (κ2) is 12.1. The van der Waals surface area contributed by atoms with Crippen LogP contribution in [-0.2, 0) is 22.1 Å². The molecule has 3 aromatic heterocycles. The van der Waals surface area contributed by atoms with Gasteiger partial charge in [-0.05, 0) is 30.3 Å². The van der Waals surface area contributed by atoms with Gasteiger partial charge in [0.2, 0.25) is 0 Å². The number of amides is 1. The minimum Gasteiger partial charge on any atom is -0.480 e. The number of nitrogens with one attached hydrogen (secondary N) is 1. The van der Waals surface area contributed by atoms with Crippen LogP contribution in [-0.4, -0.2) is 69.4 Å². The van der Waals surface area contributed by atoms with Gasteiger partial charge in [0.15, 0.2) is 0 Å². The molecular weight excluding hydrogens is 641 g/mol. The van der Waals surface area contributed by atoms with Crippen LogP contribution in [0.25, 0.3) is 16.9 Å². The van der Waals surface area contributed by atoms with Crippen LogP contribution in [0.1, 0.15) is 21.6 Å². The summed E-state index contributed by atoms with van der Waals surface area (Å²) in [5.41, 5.74) is -4.07. The molecule has 0 radical (unpaired) electrons. The lowest BCUT2D eigenvalue weighted by Gasteiger charge is -2.38. The highest BCUT2D eigenvalue weighted by molar-refractivity contribution is 5.97. The van der Waals surface area contributed by atoms with Gasteiger partial charge >= 0.3 is 18.3 Å². The Labute approximate surface area is 252 Å². The number of anilines is 1. The van der Waals surface area contributed by atoms with Gasteiger partial charge in [-0.25, -0.2) is 22.9 Å². The summed E-state index contributed by atoms with van der Waals surface area (Å²) < 4.78 is 131. The topological polar surface area (TPSA) is 109 Å². The average molecular weight is 661 g/mol. The number of carbonyl (C=O) groups is 2. The predicted octanol–water partition coefficient (Wildman–Crippen LogP) is 5.03. The molecular formula is C28H20F9N5O4. The molecule has 0 saturated carbocycles. The van der Waals surface area contributed by atoms with Crippen molar-refractivity contribution in [3.63, 3.8) is 0 Å². The van der Waals surface area contributed by atoms with E-state index in [9.17, 15) is 45.4 Å². The molecule has 0 aliphatic carbocycles. The number of morpholine rings is 1. The third-order valence-corrected chi connectivity index (χ3v) is 7.16. The molecule has 1 aromatic carbocycles. The summed E-state index contributed by atoms with van der Waals surface area (Å²) >= 11 is 0. The summed E-state index contributed by atoms with van der Waals surface area (Å²) in [6, 6.07) is -0.439. The van der Waals surface area contributed by atoms with Crippen LogP contribution in [0.2, 0.25) is 0 Å². The molecule has 0 spiro atoms. The van der Waals surface area contributed by atoms with E-state index in [2.05, 4.69) is 9.97 Å². The first kappa shape index (κ1) is 32.5. The van der Waals surface area contributed by atoms with Crippen LogP contribution in [0.3, 0.4) is 0 Å². The highest BCUT2D eigenvalue weighted by atomic mass is 19.4. The van der Waals surface area contributed by atoms with Gasteiger partial charge in [0.25, 0.3) is 5.91 Å². The monoisotopic (exact) mass is 661 g/mol. The quantitative estimate of drug-likeness (QED) is 0.268. The minimum atomic E-state index is -4.99. The third kappa shape index (κ3) is 6.42. The SMILES string of the molecule is O=C(N[C@@H](Cc1ccc(-c2ncc(F)cc2C(F)(F)F)c2nccn12)C(=O)O)c1c(F)cc(N2CCOC[C@@H]2C(F)(F)F)cc1F. The Balaban J connectivity index is 1.42. The van der Waals surface area contributed by atoms with E-state index in [0.717, 1.165) is 6.07 Å². The van der Waals surface area contributed by atoms with E-state index in [1.165, 1.54) is 22.9 Å². The highest BCUT2D eigenvalue weighted by Gasteiger charge is 2.46. The molecule has 4 aromatic rings. The fraction of sp³-hybridized carbons (Fsp3) is 0.286. The number of benzene rings is 1. The van der Waals surface area contributed by atoms with Gasteiger partial charge in [0.05, 0.1) is 30.7 Å². The van der Waals surface area contributed by atoms with Crippen molar-refractivity contribution in [2.75, 3.05) is 24.7 Å². The smallest absolute Gasteiger partial charge is 0.418 e. The van der Waals surface area contributed by atoms with E-state index >= 15 is 8.78 Å². The summed E-state index contributed by atoms with van der Waals surface area (Å²) in [5, 5.41) is 11.7. The number of hydrogen-bond acceptors (Lipinski definition) is 6. The van der Waals surface area contributed by atoms with Crippen LogP contribution in [0.5, 0.6) is 0 Å². The van der Waals surface area contributed by atoms with Gasteiger partial charge in [-0.2, -0.15) is 26.3 Å². The van der Waals surface area contributed by atoms with Crippen molar-refractivity contribution in [3.05, 3.63) is 83.2 Å². The standard InChI is InChI=1S/C28H20F9N5O4/c29-13-7-17(27(32,33)34)23(39-11-13)16-2-1-14(42-4-3-38-24(16)42)10-20(26(44)45)40-25(43)22-18(30)8-15(9-19(22)31)41-5-6-46-12-21(41)28(35,36)37/h1-4,7-9,11,20-21H,5-6,10,12H2,(H,40,43)(H,44,45)/t20-,21+/m0/s1. The molecule has 1 amide bonds. The molecule has 2 N–H and O–H groups in total. The van der Waals surface area contributed by atoms with Gasteiger partial charge in [0.1, 0.15) is 40.7 Å². The Morgan fingerprint density at radius 1 is 1.04 bits per heavy atom. The molecule has 18 heteroatoms. The number of ether oxygens (including phenoxy) is 1. The van der Waals surface area contributed by atoms with Crippen molar-refractivity contribution in [3.8, 4) is 11.3 Å². The lowest BCUT2D eigenvalue weighted by Crippen LogP contribution is -2.53. The van der Waals surface area contributed by atoms with E-state index in [1.54, 1.807) is 0 Å². The molecule has 244 valence electrons. The number of nitrogens with zero attached hydrogens (tertiary/aromatic N) is 4. The fourth-order valence-electron chi connectivity index (χ4n) is 5.06. The molecule has 0 bridgehead atoms. The molecule has 46 heavy (non-hydrogen) atoms. The number of aliphatic carboxylic acids is 1. The number of hydrogen-bond donors (Lipinski definition) is 2. The Bertz CT molecular complexity index is 1790. The molecule has 1 aliphatic heterocycles. The molecule has 0 unspecified atom stereocenters. The van der Waals surface area contributed by atoms with E-state index in [1.807, 2.05) is 5.32 Å². The van der Waals surface area contributed by atoms with Gasteiger partial charge in [-0.1, -0.05) is 0 Å². The van der Waals surface area contributed by atoms with Crippen LogP contribution in [0.4, 0.5) is 45.2 Å². The summed E-state index contributed by atoms with van der Waals surface area (Å²) in [6.07, 6.45) is -7.33. The van der Waals surface area contributed by atoms with Crippen molar-refractivity contribution < 1.29 is 58.9 Å². The van der Waals surface area contributed by atoms with Gasteiger partial charge in [-0.3, -0.25) is 9.78 Å². The zero-order chi connectivity index (χ0) is 33.6. The average Bonchev–Trinajstić information content (AvgIpc) is 3.46. The number of imidazole rings is 1. The second-order valence-corrected chi connectivity index (χ2v) is 10.1. The van der Waals surface area contributed by atoms with Gasteiger partial charge in [-0.15, -0.1) is 0 Å². The first-order valence-corrected chi connectivity index (χ1v) is 13.2. The Hall–Kier alpha value is -4.87. The maximum absolute atomic E-state index is 15.0. The van der Waals surface area contributed by atoms with Crippen LogP contribution < -0.4 is 10.2 Å². The number of carbonyl (C=O) groups excluding carboxylic acids is 1. The summed E-state index contributed by atoms with van der Waals surface area (Å²) in [6.45, 7) is -1.30. The van der Waals surface area contributed by atoms with Crippen molar-refractivity contribution in [1.29, 1.82) is 0 Å². The van der Waals surface area contributed by atoms with E-state index in [4.69, 9.17) is 4.74 Å². The summed E-state index contributed by atoms with van der Waals surface area (Å²) in [4.78, 5) is 33.2. The molecule has 1 fully saturated rings. The lowest BCUT2D eigenvalue weighted by atomic mass is 10.0. The molecule has 9 nitrogen and oxygen atoms in total. The Morgan fingerprint density at radius 2 is 1.74 bits per heavy atom. The molecule has 2 atom stereocenters. The van der Waals surface area contributed by atoms with Crippen LogP contribution in [0.15, 0.2) is 48.9 Å². The zero-order valence-corrected chi connectivity index (χ0v) is 23.0. The van der Waals surface area contributed by atoms with Crippen molar-refractivity contribution in [2.45, 2.75) is 30.9 Å². The van der Waals surface area contributed by atoms with Crippen molar-refractivity contribution in [2.24, 2.45) is 0 Å². The van der Waals surface area contributed by atoms with Crippen molar-refractivity contribution >= 4 is 23.2 Å². The number of carboxylic acids is 1. The predicted molar refractivity (Wildman–Crippen MR) is 140 cm³/mol. The molecule has 1 saturated heterocycles. The highest BCUT2D eigenvalue weighted by Crippen LogP contribution is 2.38. The van der Waals surface area contributed by atoms with Gasteiger partial charge < -0.3 is 24.5 Å². The Kier molecular flexibility index (Phi) is 8.59. The zero-order valence-electron chi connectivity index (χ0n) is 23.0. The lowest BCUT2D eigenvalue weighted by molar-refractivity contribution is -0.167. The normalized spacial score (nSPS) is 16.5. The number of fused-ring (bicyclic) bond motifs is 1. The van der Waals surface area contributed by atoms with Crippen LogP contribution in [0, 0.1) is 17.5 Å². The first-order valence-electron chi connectivity index (χ1n) is 13.2. The number of pyridine rings is 2. The molecule has 4 heterocycles. The first-order chi connectivity index (χ1) is 21.6. The largest absolute Gasteiger partial charge is 0.480 e. The van der Waals surface area contributed by atoms with E-state index in [0.29, 0.717) is 23.2 Å². The van der Waals surface area contributed by atoms with Crippen LogP contribution >= 0.6 is 0 Å².